The van der Waals surface area contributed by atoms with E-state index < -0.39 is 0 Å². The van der Waals surface area contributed by atoms with Crippen molar-refractivity contribution in [3.8, 4) is 12.3 Å². The maximum Gasteiger partial charge on any atom is 0.239 e. The van der Waals surface area contributed by atoms with Gasteiger partial charge in [-0.05, 0) is 12.8 Å². The van der Waals surface area contributed by atoms with Crippen LogP contribution in [-0.4, -0.2) is 49.4 Å². The maximum atomic E-state index is 11.8. The molecule has 102 valence electrons. The Bertz CT molecular complexity index is 297. The van der Waals surface area contributed by atoms with Crippen LogP contribution >= 0.6 is 0 Å². The van der Waals surface area contributed by atoms with Gasteiger partial charge in [-0.3, -0.25) is 14.9 Å². The maximum absolute atomic E-state index is 11.8. The number of terminal acetylenes is 1. The van der Waals surface area contributed by atoms with Gasteiger partial charge in [0, 0.05) is 13.1 Å². The number of nitrogens with zero attached hydrogens (tertiary/aromatic N) is 1. The minimum atomic E-state index is -0.115. The Morgan fingerprint density at radius 2 is 2.00 bits per heavy atom. The fraction of sp³-hybridized carbons (Fsp3) is 0.692. The molecular weight excluding hydrogens is 230 g/mol. The number of hydrogen-bond donors (Lipinski definition) is 2. The summed E-state index contributed by atoms with van der Waals surface area (Å²) in [5.74, 6) is 2.19. The summed E-state index contributed by atoms with van der Waals surface area (Å²) in [5, 5.41) is 5.59. The molecule has 0 fully saturated rings. The lowest BCUT2D eigenvalue weighted by Crippen LogP contribution is -2.44. The molecule has 0 unspecified atom stereocenters. The van der Waals surface area contributed by atoms with E-state index in [0.717, 1.165) is 12.8 Å². The van der Waals surface area contributed by atoms with Crippen LogP contribution in [0, 0.1) is 12.3 Å². The molecular formula is C13H23N3O2. The molecule has 18 heavy (non-hydrogen) atoms. The number of rotatable bonds is 9. The summed E-state index contributed by atoms with van der Waals surface area (Å²) in [6.45, 7) is 5.82. The second-order valence-corrected chi connectivity index (χ2v) is 3.97. The Morgan fingerprint density at radius 3 is 2.56 bits per heavy atom. The standard InChI is InChI=1S/C13H23N3O2/c1-4-7-14-10-13(18)16(9-6-3)11-12(17)15-8-5-2/h1,14H,5-11H2,2-3H3,(H,15,17). The van der Waals surface area contributed by atoms with E-state index in [-0.39, 0.29) is 24.9 Å². The van der Waals surface area contributed by atoms with Crippen LogP contribution in [0.5, 0.6) is 0 Å². The number of amides is 2. The van der Waals surface area contributed by atoms with Crippen LogP contribution < -0.4 is 10.6 Å². The van der Waals surface area contributed by atoms with Crippen LogP contribution in [0.4, 0.5) is 0 Å². The first kappa shape index (κ1) is 16.5. The van der Waals surface area contributed by atoms with Crippen LogP contribution in [-0.2, 0) is 9.59 Å². The summed E-state index contributed by atoms with van der Waals surface area (Å²) in [6, 6.07) is 0. The highest BCUT2D eigenvalue weighted by molar-refractivity contribution is 5.85. The summed E-state index contributed by atoms with van der Waals surface area (Å²) >= 11 is 0. The van der Waals surface area contributed by atoms with Crippen LogP contribution in [0.15, 0.2) is 0 Å². The average Bonchev–Trinajstić information content (AvgIpc) is 2.36. The second kappa shape index (κ2) is 10.6. The van der Waals surface area contributed by atoms with Crippen LogP contribution in [0.1, 0.15) is 26.7 Å². The summed E-state index contributed by atoms with van der Waals surface area (Å²) < 4.78 is 0. The molecule has 0 heterocycles. The van der Waals surface area contributed by atoms with Crippen molar-refractivity contribution < 1.29 is 9.59 Å². The van der Waals surface area contributed by atoms with Crippen molar-refractivity contribution in [2.24, 2.45) is 0 Å². The van der Waals surface area contributed by atoms with Gasteiger partial charge in [-0.1, -0.05) is 19.8 Å². The van der Waals surface area contributed by atoms with Crippen LogP contribution in [0.2, 0.25) is 0 Å². The highest BCUT2D eigenvalue weighted by Gasteiger charge is 2.15. The van der Waals surface area contributed by atoms with Crippen molar-refractivity contribution in [2.75, 3.05) is 32.7 Å². The third kappa shape index (κ3) is 7.69. The Kier molecular flexibility index (Phi) is 9.70. The minimum absolute atomic E-state index is 0.0984. The quantitative estimate of drug-likeness (QED) is 0.448. The minimum Gasteiger partial charge on any atom is -0.355 e. The Labute approximate surface area is 109 Å². The molecule has 0 aliphatic heterocycles. The van der Waals surface area contributed by atoms with E-state index in [1.807, 2.05) is 13.8 Å². The number of hydrogen-bond acceptors (Lipinski definition) is 3. The lowest BCUT2D eigenvalue weighted by atomic mass is 10.3. The van der Waals surface area contributed by atoms with Gasteiger partial charge in [0.15, 0.2) is 0 Å². The first-order chi connectivity index (χ1) is 8.65. The Balaban J connectivity index is 4.15. The van der Waals surface area contributed by atoms with Crippen molar-refractivity contribution in [2.45, 2.75) is 26.7 Å². The van der Waals surface area contributed by atoms with Crippen molar-refractivity contribution in [3.05, 3.63) is 0 Å². The molecule has 0 atom stereocenters. The molecule has 5 heteroatoms. The molecule has 0 saturated heterocycles. The summed E-state index contributed by atoms with van der Waals surface area (Å²) in [6.07, 6.45) is 6.79. The SMILES string of the molecule is C#CCNCC(=O)N(CCC)CC(=O)NCCC. The largest absolute Gasteiger partial charge is 0.355 e. The van der Waals surface area contributed by atoms with E-state index in [1.54, 1.807) is 4.90 Å². The topological polar surface area (TPSA) is 61.4 Å². The molecule has 0 aromatic rings. The van der Waals surface area contributed by atoms with Gasteiger partial charge in [-0.2, -0.15) is 0 Å². The molecule has 5 nitrogen and oxygen atoms in total. The molecule has 0 aromatic heterocycles. The van der Waals surface area contributed by atoms with Crippen molar-refractivity contribution in [3.63, 3.8) is 0 Å². The van der Waals surface area contributed by atoms with E-state index in [2.05, 4.69) is 16.6 Å². The van der Waals surface area contributed by atoms with Gasteiger partial charge in [-0.15, -0.1) is 6.42 Å². The van der Waals surface area contributed by atoms with E-state index >= 15 is 0 Å². The molecule has 0 aliphatic rings. The molecule has 2 amide bonds. The highest BCUT2D eigenvalue weighted by Crippen LogP contribution is 1.92. The van der Waals surface area contributed by atoms with E-state index in [1.165, 1.54) is 0 Å². The smallest absolute Gasteiger partial charge is 0.239 e. The van der Waals surface area contributed by atoms with Gasteiger partial charge < -0.3 is 10.2 Å². The zero-order valence-electron chi connectivity index (χ0n) is 11.3. The molecule has 0 radical (unpaired) electrons. The lowest BCUT2D eigenvalue weighted by molar-refractivity contribution is -0.135. The van der Waals surface area contributed by atoms with Gasteiger partial charge in [0.2, 0.25) is 11.8 Å². The zero-order chi connectivity index (χ0) is 13.8. The predicted octanol–water partition coefficient (Wildman–Crippen LogP) is -0.0260. The summed E-state index contributed by atoms with van der Waals surface area (Å²) in [4.78, 5) is 24.9. The molecule has 0 aromatic carbocycles. The summed E-state index contributed by atoms with van der Waals surface area (Å²) in [5.41, 5.74) is 0. The third-order valence-electron chi connectivity index (χ3n) is 2.26. The van der Waals surface area contributed by atoms with Crippen LogP contribution in [0.3, 0.4) is 0 Å². The van der Waals surface area contributed by atoms with E-state index in [4.69, 9.17) is 6.42 Å². The predicted molar refractivity (Wildman–Crippen MR) is 71.9 cm³/mol. The molecule has 0 saturated carbocycles. The third-order valence-corrected chi connectivity index (χ3v) is 2.26. The fourth-order valence-electron chi connectivity index (χ4n) is 1.41. The fourth-order valence-corrected chi connectivity index (χ4v) is 1.41. The van der Waals surface area contributed by atoms with Gasteiger partial charge in [-0.25, -0.2) is 0 Å². The van der Waals surface area contributed by atoms with Crippen molar-refractivity contribution >= 4 is 11.8 Å². The van der Waals surface area contributed by atoms with Crippen molar-refractivity contribution in [1.29, 1.82) is 0 Å². The Hall–Kier alpha value is -1.54. The molecule has 0 aliphatic carbocycles. The first-order valence-corrected chi connectivity index (χ1v) is 6.34. The van der Waals surface area contributed by atoms with Gasteiger partial charge in [0.05, 0.1) is 19.6 Å². The number of carbonyl (C=O) groups is 2. The van der Waals surface area contributed by atoms with Gasteiger partial charge >= 0.3 is 0 Å². The van der Waals surface area contributed by atoms with Gasteiger partial charge in [0.1, 0.15) is 0 Å². The molecule has 0 spiro atoms. The second-order valence-electron chi connectivity index (χ2n) is 3.97. The van der Waals surface area contributed by atoms with E-state index in [9.17, 15) is 9.59 Å². The van der Waals surface area contributed by atoms with Gasteiger partial charge in [0.25, 0.3) is 0 Å². The number of nitrogens with one attached hydrogen (secondary N) is 2. The van der Waals surface area contributed by atoms with Crippen molar-refractivity contribution in [1.82, 2.24) is 15.5 Å². The molecule has 0 bridgehead atoms. The zero-order valence-corrected chi connectivity index (χ0v) is 11.3. The normalized spacial score (nSPS) is 9.61. The highest BCUT2D eigenvalue weighted by atomic mass is 16.2. The number of carbonyl (C=O) groups excluding carboxylic acids is 2. The van der Waals surface area contributed by atoms with E-state index in [0.29, 0.717) is 19.6 Å². The molecule has 0 rings (SSSR count). The first-order valence-electron chi connectivity index (χ1n) is 6.34. The summed E-state index contributed by atoms with van der Waals surface area (Å²) in [7, 11) is 0. The molecule has 2 N–H and O–H groups in total. The monoisotopic (exact) mass is 253 g/mol. The lowest BCUT2D eigenvalue weighted by Gasteiger charge is -2.21. The van der Waals surface area contributed by atoms with Crippen LogP contribution in [0.25, 0.3) is 0 Å². The Morgan fingerprint density at radius 1 is 1.28 bits per heavy atom. The average molecular weight is 253 g/mol.